The maximum Gasteiger partial charge on any atom is 0.154 e. The predicted octanol–water partition coefficient (Wildman–Crippen LogP) is 6.31. The molecule has 6 heteroatoms. The van der Waals surface area contributed by atoms with E-state index in [-0.39, 0.29) is 0 Å². The summed E-state index contributed by atoms with van der Waals surface area (Å²) in [5, 5.41) is 6.13. The SMILES string of the molecule is COc1cc2sc(-c3cnc4ccc(N(C)c5ccc(C)c(C)c5)nn34)cc2cc1C. The molecule has 0 aliphatic heterocycles. The van der Waals surface area contributed by atoms with Crippen LogP contribution < -0.4 is 9.64 Å². The van der Waals surface area contributed by atoms with E-state index in [0.717, 1.165) is 39.0 Å². The summed E-state index contributed by atoms with van der Waals surface area (Å²) in [5.41, 5.74) is 6.62. The molecule has 0 radical (unpaired) electrons. The van der Waals surface area contributed by atoms with Gasteiger partial charge in [0.15, 0.2) is 11.5 Å². The molecule has 0 N–H and O–H groups in total. The number of benzene rings is 2. The Hall–Kier alpha value is -3.38. The molecule has 0 atom stereocenters. The number of methoxy groups -OCH3 is 1. The van der Waals surface area contributed by atoms with E-state index in [4.69, 9.17) is 9.84 Å². The number of hydrogen-bond donors (Lipinski definition) is 0. The fourth-order valence-electron chi connectivity index (χ4n) is 3.81. The molecular weight excluding hydrogens is 404 g/mol. The Morgan fingerprint density at radius 1 is 0.935 bits per heavy atom. The van der Waals surface area contributed by atoms with Gasteiger partial charge in [0.05, 0.1) is 18.2 Å². The van der Waals surface area contributed by atoms with Crippen molar-refractivity contribution in [2.24, 2.45) is 0 Å². The highest BCUT2D eigenvalue weighted by molar-refractivity contribution is 7.22. The molecule has 0 saturated carbocycles. The average Bonchev–Trinajstić information content (AvgIpc) is 3.37. The molecule has 156 valence electrons. The summed E-state index contributed by atoms with van der Waals surface area (Å²) < 4.78 is 8.62. The first-order valence-corrected chi connectivity index (χ1v) is 11.0. The second kappa shape index (κ2) is 7.39. The van der Waals surface area contributed by atoms with Crippen molar-refractivity contribution < 1.29 is 4.74 Å². The Morgan fingerprint density at radius 3 is 2.55 bits per heavy atom. The highest BCUT2D eigenvalue weighted by Gasteiger charge is 2.14. The van der Waals surface area contributed by atoms with Crippen LogP contribution in [0, 0.1) is 20.8 Å². The zero-order valence-electron chi connectivity index (χ0n) is 18.3. The molecule has 3 aromatic heterocycles. The van der Waals surface area contributed by atoms with Crippen LogP contribution in [-0.2, 0) is 0 Å². The van der Waals surface area contributed by atoms with E-state index < -0.39 is 0 Å². The fraction of sp³-hybridized carbons (Fsp3) is 0.200. The van der Waals surface area contributed by atoms with Crippen LogP contribution in [0.25, 0.3) is 26.3 Å². The molecule has 0 amide bonds. The van der Waals surface area contributed by atoms with Crippen LogP contribution in [0.3, 0.4) is 0 Å². The fourth-order valence-corrected chi connectivity index (χ4v) is 4.87. The molecule has 0 spiro atoms. The third-order valence-electron chi connectivity index (χ3n) is 5.86. The van der Waals surface area contributed by atoms with Crippen molar-refractivity contribution in [3.63, 3.8) is 0 Å². The summed E-state index contributed by atoms with van der Waals surface area (Å²) in [6.45, 7) is 6.33. The minimum absolute atomic E-state index is 0.832. The number of anilines is 2. The normalized spacial score (nSPS) is 11.4. The molecule has 0 saturated heterocycles. The number of thiophene rings is 1. The standard InChI is InChI=1S/C25H24N4OS/c1-15-6-7-19(11-16(15)2)28(4)25-9-8-24-26-14-20(29(24)27-25)23-12-18-10-17(3)21(30-5)13-22(18)31-23/h6-14H,1-5H3. The first-order chi connectivity index (χ1) is 14.9. The number of aryl methyl sites for hydroxylation is 3. The van der Waals surface area contributed by atoms with Gasteiger partial charge in [0, 0.05) is 17.4 Å². The lowest BCUT2D eigenvalue weighted by atomic mass is 10.1. The quantitative estimate of drug-likeness (QED) is 0.336. The summed E-state index contributed by atoms with van der Waals surface area (Å²) in [4.78, 5) is 7.82. The highest BCUT2D eigenvalue weighted by Crippen LogP contribution is 2.37. The van der Waals surface area contributed by atoms with Crippen molar-refractivity contribution in [1.82, 2.24) is 14.6 Å². The summed E-state index contributed by atoms with van der Waals surface area (Å²) in [5.74, 6) is 1.78. The van der Waals surface area contributed by atoms with Gasteiger partial charge >= 0.3 is 0 Å². The van der Waals surface area contributed by atoms with Crippen LogP contribution in [-0.4, -0.2) is 28.8 Å². The maximum atomic E-state index is 5.49. The summed E-state index contributed by atoms with van der Waals surface area (Å²) in [7, 11) is 3.76. The molecule has 0 aliphatic carbocycles. The lowest BCUT2D eigenvalue weighted by Crippen LogP contribution is -2.13. The molecular formula is C25H24N4OS. The zero-order chi connectivity index (χ0) is 21.7. The number of rotatable bonds is 4. The Balaban J connectivity index is 1.59. The first kappa shape index (κ1) is 19.6. The predicted molar refractivity (Wildman–Crippen MR) is 129 cm³/mol. The maximum absolute atomic E-state index is 5.49. The Bertz CT molecular complexity index is 1430. The summed E-state index contributed by atoms with van der Waals surface area (Å²) in [6, 6.07) is 17.0. The van der Waals surface area contributed by atoms with E-state index in [1.807, 2.05) is 29.9 Å². The van der Waals surface area contributed by atoms with Gasteiger partial charge in [0.1, 0.15) is 11.4 Å². The largest absolute Gasteiger partial charge is 0.496 e. The van der Waals surface area contributed by atoms with Gasteiger partial charge in [-0.2, -0.15) is 0 Å². The van der Waals surface area contributed by atoms with Crippen LogP contribution in [0.15, 0.2) is 54.7 Å². The van der Waals surface area contributed by atoms with Crippen molar-refractivity contribution in [2.45, 2.75) is 20.8 Å². The second-order valence-corrected chi connectivity index (χ2v) is 8.99. The van der Waals surface area contributed by atoms with Gasteiger partial charge in [0.25, 0.3) is 0 Å². The Morgan fingerprint density at radius 2 is 1.77 bits per heavy atom. The molecule has 5 rings (SSSR count). The molecule has 0 fully saturated rings. The molecule has 0 unspecified atom stereocenters. The van der Waals surface area contributed by atoms with Gasteiger partial charge in [-0.25, -0.2) is 9.50 Å². The van der Waals surface area contributed by atoms with Crippen LogP contribution in [0.2, 0.25) is 0 Å². The van der Waals surface area contributed by atoms with E-state index in [1.54, 1.807) is 18.4 Å². The Kier molecular flexibility index (Phi) is 4.67. The number of ether oxygens (including phenoxy) is 1. The topological polar surface area (TPSA) is 42.7 Å². The van der Waals surface area contributed by atoms with Gasteiger partial charge in [-0.1, -0.05) is 6.07 Å². The van der Waals surface area contributed by atoms with E-state index in [9.17, 15) is 0 Å². The number of imidazole rings is 1. The molecule has 3 heterocycles. The van der Waals surface area contributed by atoms with Gasteiger partial charge < -0.3 is 9.64 Å². The molecule has 5 nitrogen and oxygen atoms in total. The summed E-state index contributed by atoms with van der Waals surface area (Å²) in [6.07, 6.45) is 1.90. The van der Waals surface area contributed by atoms with Crippen LogP contribution in [0.4, 0.5) is 11.5 Å². The first-order valence-electron chi connectivity index (χ1n) is 10.2. The van der Waals surface area contributed by atoms with E-state index in [1.165, 1.54) is 21.2 Å². The third-order valence-corrected chi connectivity index (χ3v) is 6.98. The molecule has 5 aromatic rings. The van der Waals surface area contributed by atoms with Crippen molar-refractivity contribution in [1.29, 1.82) is 0 Å². The van der Waals surface area contributed by atoms with Crippen molar-refractivity contribution in [3.8, 4) is 16.3 Å². The minimum atomic E-state index is 0.832. The van der Waals surface area contributed by atoms with Crippen LogP contribution in [0.5, 0.6) is 5.75 Å². The second-order valence-electron chi connectivity index (χ2n) is 7.90. The monoisotopic (exact) mass is 428 g/mol. The van der Waals surface area contributed by atoms with Crippen molar-refractivity contribution in [3.05, 3.63) is 71.4 Å². The molecule has 31 heavy (non-hydrogen) atoms. The van der Waals surface area contributed by atoms with E-state index >= 15 is 0 Å². The number of fused-ring (bicyclic) bond motifs is 2. The number of nitrogens with zero attached hydrogens (tertiary/aromatic N) is 4. The number of aromatic nitrogens is 3. The number of hydrogen-bond acceptors (Lipinski definition) is 5. The minimum Gasteiger partial charge on any atom is -0.496 e. The Labute approximate surface area is 185 Å². The highest BCUT2D eigenvalue weighted by atomic mass is 32.1. The van der Waals surface area contributed by atoms with Crippen LogP contribution >= 0.6 is 11.3 Å². The average molecular weight is 429 g/mol. The van der Waals surface area contributed by atoms with Gasteiger partial charge in [-0.05, 0) is 85.3 Å². The molecule has 2 aromatic carbocycles. The van der Waals surface area contributed by atoms with Crippen molar-refractivity contribution in [2.75, 3.05) is 19.1 Å². The zero-order valence-corrected chi connectivity index (χ0v) is 19.1. The lowest BCUT2D eigenvalue weighted by Gasteiger charge is -2.19. The molecule has 0 aliphatic rings. The lowest BCUT2D eigenvalue weighted by molar-refractivity contribution is 0.412. The van der Waals surface area contributed by atoms with Gasteiger partial charge in [0.2, 0.25) is 0 Å². The van der Waals surface area contributed by atoms with Crippen molar-refractivity contribution >= 4 is 38.6 Å². The van der Waals surface area contributed by atoms with Gasteiger partial charge in [-0.15, -0.1) is 16.4 Å². The summed E-state index contributed by atoms with van der Waals surface area (Å²) >= 11 is 1.73. The van der Waals surface area contributed by atoms with E-state index in [2.05, 4.69) is 67.1 Å². The van der Waals surface area contributed by atoms with E-state index in [0.29, 0.717) is 0 Å². The van der Waals surface area contributed by atoms with Crippen LogP contribution in [0.1, 0.15) is 16.7 Å². The van der Waals surface area contributed by atoms with Gasteiger partial charge in [-0.3, -0.25) is 0 Å². The smallest absolute Gasteiger partial charge is 0.154 e. The molecule has 0 bridgehead atoms. The third kappa shape index (κ3) is 3.33.